The van der Waals surface area contributed by atoms with Crippen molar-refractivity contribution in [1.29, 1.82) is 0 Å². The molecule has 0 bridgehead atoms. The molecular formula is C32H29IrN2. The summed E-state index contributed by atoms with van der Waals surface area (Å²) in [6.45, 7) is 6.36. The summed E-state index contributed by atoms with van der Waals surface area (Å²) in [5, 5.41) is 3.41. The molecule has 0 aliphatic carbocycles. The molecule has 35 heavy (non-hydrogen) atoms. The molecule has 0 N–H and O–H groups in total. The van der Waals surface area contributed by atoms with Crippen LogP contribution >= 0.6 is 0 Å². The molecule has 0 amide bonds. The Labute approximate surface area is 222 Å². The van der Waals surface area contributed by atoms with Crippen LogP contribution in [0.3, 0.4) is 0 Å². The topological polar surface area (TPSA) is 25.8 Å². The van der Waals surface area contributed by atoms with Crippen molar-refractivity contribution < 1.29 is 20.1 Å². The van der Waals surface area contributed by atoms with Gasteiger partial charge in [0.2, 0.25) is 0 Å². The van der Waals surface area contributed by atoms with Crippen LogP contribution in [0.25, 0.3) is 39.1 Å². The van der Waals surface area contributed by atoms with Crippen molar-refractivity contribution in [2.24, 2.45) is 0 Å². The van der Waals surface area contributed by atoms with Gasteiger partial charge in [0.15, 0.2) is 0 Å². The first kappa shape index (κ1) is 27.9. The molecule has 0 aliphatic rings. The van der Waals surface area contributed by atoms with Gasteiger partial charge in [0.05, 0.1) is 11.3 Å². The molecule has 2 nitrogen and oxygen atoms in total. The zero-order valence-electron chi connectivity index (χ0n) is 20.5. The number of fused-ring (bicyclic) bond motifs is 3. The maximum Gasteiger partial charge on any atom is 3.00 e. The summed E-state index contributed by atoms with van der Waals surface area (Å²) in [6, 6.07) is 34.5. The first-order chi connectivity index (χ1) is 16.1. The zero-order chi connectivity index (χ0) is 23.0. The smallest absolute Gasteiger partial charge is 0.358 e. The van der Waals surface area contributed by atoms with E-state index in [0.29, 0.717) is 0 Å². The van der Waals surface area contributed by atoms with Gasteiger partial charge in [0.25, 0.3) is 0 Å². The summed E-state index contributed by atoms with van der Waals surface area (Å²) in [7, 11) is 0. The number of allylic oxidation sites excluding steroid dienone is 3. The van der Waals surface area contributed by atoms with Crippen LogP contribution in [0.2, 0.25) is 0 Å². The molecule has 5 rings (SSSR count). The largest absolute Gasteiger partial charge is 3.00 e. The van der Waals surface area contributed by atoms with Crippen molar-refractivity contribution in [3.63, 3.8) is 0 Å². The molecule has 0 saturated heterocycles. The van der Waals surface area contributed by atoms with E-state index < -0.39 is 0 Å². The average molecular weight is 634 g/mol. The molecule has 5 aromatic rings. The minimum absolute atomic E-state index is 0. The first-order valence-corrected chi connectivity index (χ1v) is 11.0. The van der Waals surface area contributed by atoms with Crippen molar-refractivity contribution >= 4 is 27.8 Å². The molecule has 0 radical (unpaired) electrons. The van der Waals surface area contributed by atoms with Gasteiger partial charge in [0, 0.05) is 17.0 Å². The van der Waals surface area contributed by atoms with E-state index in [2.05, 4.69) is 80.4 Å². The number of nitrogens with zero attached hydrogens (tertiary/aromatic N) is 2. The normalized spacial score (nSPS) is 10.1. The third kappa shape index (κ3) is 7.29. The molecule has 3 heteroatoms. The Morgan fingerprint density at radius 3 is 2.14 bits per heavy atom. The monoisotopic (exact) mass is 634 g/mol. The third-order valence-electron chi connectivity index (χ3n) is 5.46. The van der Waals surface area contributed by atoms with Crippen molar-refractivity contribution in [2.75, 3.05) is 0 Å². The molecule has 0 saturated carbocycles. The van der Waals surface area contributed by atoms with Gasteiger partial charge >= 0.3 is 20.1 Å². The van der Waals surface area contributed by atoms with Crippen LogP contribution in [-0.4, -0.2) is 9.97 Å². The Morgan fingerprint density at radius 1 is 0.771 bits per heavy atom. The first-order valence-electron chi connectivity index (χ1n) is 11.0. The van der Waals surface area contributed by atoms with Gasteiger partial charge in [-0.25, -0.2) is 0 Å². The molecule has 0 fully saturated rings. The number of aromatic nitrogens is 2. The summed E-state index contributed by atoms with van der Waals surface area (Å²) in [6.07, 6.45) is 6.09. The van der Waals surface area contributed by atoms with E-state index >= 15 is 0 Å². The quantitative estimate of drug-likeness (QED) is 0.113. The van der Waals surface area contributed by atoms with Gasteiger partial charge < -0.3 is 7.43 Å². The molecule has 0 unspecified atom stereocenters. The van der Waals surface area contributed by atoms with Crippen LogP contribution in [0.5, 0.6) is 0 Å². The summed E-state index contributed by atoms with van der Waals surface area (Å²) >= 11 is 0. The van der Waals surface area contributed by atoms with E-state index in [1.165, 1.54) is 16.5 Å². The van der Waals surface area contributed by atoms with Gasteiger partial charge in [-0.05, 0) is 26.2 Å². The van der Waals surface area contributed by atoms with E-state index in [0.717, 1.165) is 33.2 Å². The molecule has 0 spiro atoms. The second-order valence-corrected chi connectivity index (χ2v) is 8.03. The van der Waals surface area contributed by atoms with E-state index in [-0.39, 0.29) is 27.5 Å². The van der Waals surface area contributed by atoms with E-state index in [1.807, 2.05) is 60.8 Å². The van der Waals surface area contributed by atoms with Crippen LogP contribution in [0.1, 0.15) is 26.3 Å². The van der Waals surface area contributed by atoms with E-state index in [4.69, 9.17) is 4.98 Å². The fourth-order valence-electron chi connectivity index (χ4n) is 3.32. The van der Waals surface area contributed by atoms with Gasteiger partial charge in [-0.2, -0.15) is 5.56 Å². The number of hydrogen-bond acceptors (Lipinski definition) is 2. The Hall–Kier alpha value is -3.39. The predicted octanol–water partition coefficient (Wildman–Crippen LogP) is 8.55. The molecule has 1 aromatic heterocycles. The van der Waals surface area contributed by atoms with Crippen molar-refractivity contribution in [2.45, 2.75) is 20.8 Å². The van der Waals surface area contributed by atoms with Crippen LogP contribution in [-0.2, 0) is 20.1 Å². The van der Waals surface area contributed by atoms with Gasteiger partial charge in [-0.3, -0.25) is 9.97 Å². The molecule has 176 valence electrons. The van der Waals surface area contributed by atoms with Crippen molar-refractivity contribution in [1.82, 2.24) is 9.97 Å². The van der Waals surface area contributed by atoms with Crippen LogP contribution in [0.15, 0.2) is 108 Å². The van der Waals surface area contributed by atoms with Crippen molar-refractivity contribution in [3.8, 4) is 11.4 Å². The maximum atomic E-state index is 4.73. The minimum atomic E-state index is 0. The number of benzene rings is 4. The summed E-state index contributed by atoms with van der Waals surface area (Å²) < 4.78 is 0. The van der Waals surface area contributed by atoms with E-state index in [9.17, 15) is 0 Å². The molecule has 1 heterocycles. The summed E-state index contributed by atoms with van der Waals surface area (Å²) in [5.74, 6) is 0.717. The fourth-order valence-corrected chi connectivity index (χ4v) is 3.32. The van der Waals surface area contributed by atoms with Gasteiger partial charge in [-0.1, -0.05) is 47.5 Å². The van der Waals surface area contributed by atoms with E-state index in [1.54, 1.807) is 0 Å². The Morgan fingerprint density at radius 2 is 1.46 bits per heavy atom. The summed E-state index contributed by atoms with van der Waals surface area (Å²) in [4.78, 5) is 9.17. The molecule has 0 atom stereocenters. The Balaban J connectivity index is 0.000000255. The van der Waals surface area contributed by atoms with Gasteiger partial charge in [-0.15, -0.1) is 78.4 Å². The minimum Gasteiger partial charge on any atom is -0.358 e. The molecule has 0 aliphatic heterocycles. The standard InChI is InChI=1S/C18H11N2.C13H15.CH3.Ir/c1-2-7-14(8-3-1)18-19-12-15-11-10-13-6-4-5-9-16(13)17(15)20-18;1-11(2)12(3)9-10-13-7-5-4-6-8-13;;/h1-7,9-12H;4-7,9-10H,1-3H3;1H3;/q3*-1;+3/b;10-9+;;. The van der Waals surface area contributed by atoms with Crippen LogP contribution < -0.4 is 0 Å². The van der Waals surface area contributed by atoms with Crippen LogP contribution in [0.4, 0.5) is 0 Å². The van der Waals surface area contributed by atoms with Crippen LogP contribution in [0, 0.1) is 19.6 Å². The maximum absolute atomic E-state index is 4.73. The molecular weight excluding hydrogens is 605 g/mol. The second kappa shape index (κ2) is 13.5. The van der Waals surface area contributed by atoms with Gasteiger partial charge in [0.1, 0.15) is 0 Å². The zero-order valence-corrected chi connectivity index (χ0v) is 22.9. The average Bonchev–Trinajstić information content (AvgIpc) is 2.88. The molecule has 4 aromatic carbocycles. The number of rotatable bonds is 3. The SMILES string of the molecule is CC(C)=C(C)/C=C/c1[c-]cccc1.[CH3-].[Ir+3].[c-]1ccccc1-c1ncc2ccc3ccccc3c2n1. The van der Waals surface area contributed by atoms with Crippen molar-refractivity contribution in [3.05, 3.63) is 133 Å². The number of hydrogen-bond donors (Lipinski definition) is 0. The summed E-state index contributed by atoms with van der Waals surface area (Å²) in [5.41, 5.74) is 5.71. The fraction of sp³-hybridized carbons (Fsp3) is 0.0938. The Bertz CT molecular complexity index is 1420. The Kier molecular flexibility index (Phi) is 10.7. The third-order valence-corrected chi connectivity index (χ3v) is 5.46. The second-order valence-electron chi connectivity index (χ2n) is 8.03. The predicted molar refractivity (Wildman–Crippen MR) is 146 cm³/mol.